The molecule has 14 heavy (non-hydrogen) atoms. The first kappa shape index (κ1) is 10.0. The van der Waals surface area contributed by atoms with Gasteiger partial charge in [0.25, 0.3) is 0 Å². The van der Waals surface area contributed by atoms with E-state index in [2.05, 4.69) is 19.9 Å². The average Bonchev–Trinajstić information content (AvgIpc) is 2.74. The first-order chi connectivity index (χ1) is 6.66. The van der Waals surface area contributed by atoms with Crippen LogP contribution in [-0.4, -0.2) is 0 Å². The number of fused-ring (bicyclic) bond motifs is 2. The molecule has 0 aromatic heterocycles. The molecule has 2 bridgehead atoms. The predicted molar refractivity (Wildman–Crippen MR) is 57.6 cm³/mol. The van der Waals surface area contributed by atoms with Gasteiger partial charge in [-0.15, -0.1) is 0 Å². The minimum absolute atomic E-state index is 0.0905. The van der Waals surface area contributed by atoms with Gasteiger partial charge in [0.15, 0.2) is 0 Å². The van der Waals surface area contributed by atoms with Crippen molar-refractivity contribution in [2.24, 2.45) is 23.2 Å². The average molecular weight is 191 g/mol. The standard InChI is InChI=1S/C13H21N/c1-10(2)5-6-13(9-14)8-11-3-4-12(13)7-11/h10-12H,3-8H2,1-2H3. The zero-order valence-electron chi connectivity index (χ0n) is 9.42. The third kappa shape index (κ3) is 1.56. The van der Waals surface area contributed by atoms with Crippen LogP contribution in [-0.2, 0) is 0 Å². The van der Waals surface area contributed by atoms with Gasteiger partial charge in [-0.1, -0.05) is 20.3 Å². The maximum Gasteiger partial charge on any atom is 0.0692 e. The second kappa shape index (κ2) is 3.57. The van der Waals surface area contributed by atoms with Crippen LogP contribution in [0.1, 0.15) is 52.4 Å². The van der Waals surface area contributed by atoms with E-state index < -0.39 is 0 Å². The van der Waals surface area contributed by atoms with Gasteiger partial charge in [0.1, 0.15) is 0 Å². The Morgan fingerprint density at radius 1 is 1.43 bits per heavy atom. The van der Waals surface area contributed by atoms with Crippen LogP contribution in [0.25, 0.3) is 0 Å². The van der Waals surface area contributed by atoms with Crippen LogP contribution in [0, 0.1) is 34.5 Å². The Kier molecular flexibility index (Phi) is 2.56. The zero-order valence-corrected chi connectivity index (χ0v) is 9.42. The number of nitrogens with zero attached hydrogens (tertiary/aromatic N) is 1. The molecule has 0 aliphatic heterocycles. The van der Waals surface area contributed by atoms with Crippen molar-refractivity contribution in [3.63, 3.8) is 0 Å². The molecule has 0 aromatic carbocycles. The van der Waals surface area contributed by atoms with Gasteiger partial charge in [-0.05, 0) is 49.9 Å². The fourth-order valence-corrected chi connectivity index (χ4v) is 3.49. The molecule has 0 radical (unpaired) electrons. The molecule has 2 aliphatic carbocycles. The molecule has 0 spiro atoms. The zero-order chi connectivity index (χ0) is 10.2. The fourth-order valence-electron chi connectivity index (χ4n) is 3.49. The summed E-state index contributed by atoms with van der Waals surface area (Å²) in [5.74, 6) is 2.39. The first-order valence-electron chi connectivity index (χ1n) is 6.07. The van der Waals surface area contributed by atoms with E-state index in [1.807, 2.05) is 0 Å². The van der Waals surface area contributed by atoms with Gasteiger partial charge in [-0.2, -0.15) is 5.26 Å². The Morgan fingerprint density at radius 3 is 2.64 bits per heavy atom. The van der Waals surface area contributed by atoms with E-state index in [4.69, 9.17) is 0 Å². The summed E-state index contributed by atoms with van der Waals surface area (Å²) in [6.07, 6.45) is 7.68. The largest absolute Gasteiger partial charge is 0.198 e. The van der Waals surface area contributed by atoms with Gasteiger partial charge < -0.3 is 0 Å². The molecule has 2 rings (SSSR count). The van der Waals surface area contributed by atoms with E-state index in [1.54, 1.807) is 0 Å². The number of rotatable bonds is 3. The molecule has 1 nitrogen and oxygen atoms in total. The molecular formula is C13H21N. The Hall–Kier alpha value is -0.510. The van der Waals surface area contributed by atoms with Crippen LogP contribution in [0.2, 0.25) is 0 Å². The van der Waals surface area contributed by atoms with Gasteiger partial charge in [0.2, 0.25) is 0 Å². The smallest absolute Gasteiger partial charge is 0.0692 e. The third-order valence-corrected chi connectivity index (χ3v) is 4.37. The van der Waals surface area contributed by atoms with Crippen LogP contribution < -0.4 is 0 Å². The highest BCUT2D eigenvalue weighted by atomic mass is 14.5. The van der Waals surface area contributed by atoms with Crippen LogP contribution in [0.3, 0.4) is 0 Å². The van der Waals surface area contributed by atoms with Crippen molar-refractivity contribution in [2.45, 2.75) is 52.4 Å². The Balaban J connectivity index is 2.01. The lowest BCUT2D eigenvalue weighted by molar-refractivity contribution is 0.209. The van der Waals surface area contributed by atoms with Gasteiger partial charge in [0.05, 0.1) is 11.5 Å². The molecule has 3 atom stereocenters. The molecule has 2 fully saturated rings. The highest BCUT2D eigenvalue weighted by Gasteiger charge is 2.50. The summed E-state index contributed by atoms with van der Waals surface area (Å²) in [5, 5.41) is 9.40. The Bertz CT molecular complexity index is 250. The quantitative estimate of drug-likeness (QED) is 0.666. The van der Waals surface area contributed by atoms with Crippen molar-refractivity contribution in [3.05, 3.63) is 0 Å². The highest BCUT2D eigenvalue weighted by molar-refractivity contribution is 5.11. The molecule has 0 aromatic rings. The summed E-state index contributed by atoms with van der Waals surface area (Å²) >= 11 is 0. The molecule has 0 amide bonds. The molecule has 2 saturated carbocycles. The highest BCUT2D eigenvalue weighted by Crippen LogP contribution is 2.57. The lowest BCUT2D eigenvalue weighted by Crippen LogP contribution is -2.26. The van der Waals surface area contributed by atoms with Crippen molar-refractivity contribution in [1.82, 2.24) is 0 Å². The summed E-state index contributed by atoms with van der Waals surface area (Å²) in [7, 11) is 0. The second-order valence-corrected chi connectivity index (χ2v) is 5.78. The van der Waals surface area contributed by atoms with Gasteiger partial charge >= 0.3 is 0 Å². The monoisotopic (exact) mass is 191 g/mol. The summed E-state index contributed by atoms with van der Waals surface area (Å²) in [6, 6.07) is 2.66. The molecular weight excluding hydrogens is 170 g/mol. The van der Waals surface area contributed by atoms with E-state index in [1.165, 1.54) is 32.1 Å². The second-order valence-electron chi connectivity index (χ2n) is 5.78. The van der Waals surface area contributed by atoms with Crippen molar-refractivity contribution < 1.29 is 0 Å². The van der Waals surface area contributed by atoms with Gasteiger partial charge in [0, 0.05) is 0 Å². The maximum absolute atomic E-state index is 9.40. The van der Waals surface area contributed by atoms with E-state index >= 15 is 0 Å². The number of hydrogen-bond acceptors (Lipinski definition) is 1. The maximum atomic E-state index is 9.40. The number of hydrogen-bond donors (Lipinski definition) is 0. The molecule has 3 unspecified atom stereocenters. The first-order valence-corrected chi connectivity index (χ1v) is 6.07. The lowest BCUT2D eigenvalue weighted by Gasteiger charge is -2.31. The normalized spacial score (nSPS) is 40.4. The summed E-state index contributed by atoms with van der Waals surface area (Å²) < 4.78 is 0. The van der Waals surface area contributed by atoms with Crippen LogP contribution in [0.4, 0.5) is 0 Å². The van der Waals surface area contributed by atoms with Crippen molar-refractivity contribution in [1.29, 1.82) is 5.26 Å². The predicted octanol–water partition coefficient (Wildman–Crippen LogP) is 3.75. The van der Waals surface area contributed by atoms with Crippen molar-refractivity contribution in [2.75, 3.05) is 0 Å². The fraction of sp³-hybridized carbons (Fsp3) is 0.923. The molecule has 78 valence electrons. The van der Waals surface area contributed by atoms with E-state index in [9.17, 15) is 5.26 Å². The number of nitriles is 1. The van der Waals surface area contributed by atoms with Crippen LogP contribution >= 0.6 is 0 Å². The van der Waals surface area contributed by atoms with E-state index in [-0.39, 0.29) is 5.41 Å². The van der Waals surface area contributed by atoms with Gasteiger partial charge in [-0.3, -0.25) is 0 Å². The Morgan fingerprint density at radius 2 is 2.21 bits per heavy atom. The van der Waals surface area contributed by atoms with Crippen LogP contribution in [0.5, 0.6) is 0 Å². The van der Waals surface area contributed by atoms with Crippen LogP contribution in [0.15, 0.2) is 0 Å². The SMILES string of the molecule is CC(C)CCC1(C#N)CC2CCC1C2. The summed E-state index contributed by atoms with van der Waals surface area (Å²) in [5.41, 5.74) is 0.0905. The lowest BCUT2D eigenvalue weighted by atomic mass is 9.70. The summed E-state index contributed by atoms with van der Waals surface area (Å²) in [4.78, 5) is 0. The van der Waals surface area contributed by atoms with E-state index in [0.717, 1.165) is 24.2 Å². The molecule has 0 heterocycles. The minimum Gasteiger partial charge on any atom is -0.198 e. The Labute approximate surface area is 87.5 Å². The van der Waals surface area contributed by atoms with Crippen molar-refractivity contribution in [3.8, 4) is 6.07 Å². The third-order valence-electron chi connectivity index (χ3n) is 4.37. The van der Waals surface area contributed by atoms with Gasteiger partial charge in [-0.25, -0.2) is 0 Å². The topological polar surface area (TPSA) is 23.8 Å². The van der Waals surface area contributed by atoms with Crippen molar-refractivity contribution >= 4 is 0 Å². The molecule has 0 saturated heterocycles. The molecule has 2 aliphatic rings. The summed E-state index contributed by atoms with van der Waals surface area (Å²) in [6.45, 7) is 4.52. The minimum atomic E-state index is 0.0905. The van der Waals surface area contributed by atoms with E-state index in [0.29, 0.717) is 0 Å². The molecule has 1 heteroatoms. The molecule has 0 N–H and O–H groups in total.